The van der Waals surface area contributed by atoms with Crippen molar-refractivity contribution in [2.45, 2.75) is 0 Å². The molecule has 0 bridgehead atoms. The molecule has 0 radical (unpaired) electrons. The van der Waals surface area contributed by atoms with Gasteiger partial charge in [-0.1, -0.05) is 23.7 Å². The number of anilines is 4. The second-order valence-electron chi connectivity index (χ2n) is 5.06. The van der Waals surface area contributed by atoms with Gasteiger partial charge in [0, 0.05) is 11.9 Å². The number of para-hydroxylation sites is 1. The zero-order valence-corrected chi connectivity index (χ0v) is 14.1. The lowest BCUT2D eigenvalue weighted by Crippen LogP contribution is -2.02. The van der Waals surface area contributed by atoms with Gasteiger partial charge in [-0.2, -0.15) is 4.98 Å². The van der Waals surface area contributed by atoms with Gasteiger partial charge in [-0.15, -0.1) is 0 Å². The molecule has 0 saturated carbocycles. The summed E-state index contributed by atoms with van der Waals surface area (Å²) in [4.78, 5) is 20.0. The van der Waals surface area contributed by atoms with Crippen molar-refractivity contribution in [3.8, 4) is 0 Å². The van der Waals surface area contributed by atoms with Crippen molar-refractivity contribution in [1.82, 2.24) is 9.97 Å². The maximum Gasteiger partial charge on any atom is 0.337 e. The number of nitrogens with one attached hydrogen (secondary N) is 2. The second kappa shape index (κ2) is 7.63. The molecule has 0 atom stereocenters. The average molecular weight is 355 g/mol. The monoisotopic (exact) mass is 354 g/mol. The third-order valence-corrected chi connectivity index (χ3v) is 3.68. The van der Waals surface area contributed by atoms with Crippen LogP contribution in [-0.2, 0) is 4.74 Å². The van der Waals surface area contributed by atoms with E-state index < -0.39 is 0 Å². The first kappa shape index (κ1) is 16.7. The highest BCUT2D eigenvalue weighted by atomic mass is 35.5. The van der Waals surface area contributed by atoms with Crippen LogP contribution in [0.2, 0.25) is 5.02 Å². The van der Waals surface area contributed by atoms with E-state index in [9.17, 15) is 4.79 Å². The summed E-state index contributed by atoms with van der Waals surface area (Å²) in [5.41, 5.74) is 1.99. The van der Waals surface area contributed by atoms with Gasteiger partial charge < -0.3 is 15.4 Å². The van der Waals surface area contributed by atoms with Crippen molar-refractivity contribution in [2.24, 2.45) is 0 Å². The molecule has 0 fully saturated rings. The number of benzene rings is 2. The number of carbonyl (C=O) groups excluding carboxylic acids is 1. The van der Waals surface area contributed by atoms with Crippen LogP contribution in [0.25, 0.3) is 0 Å². The number of halogens is 1. The highest BCUT2D eigenvalue weighted by Gasteiger charge is 2.06. The molecular formula is C18H15ClN4O2. The van der Waals surface area contributed by atoms with E-state index in [1.165, 1.54) is 7.11 Å². The lowest BCUT2D eigenvalue weighted by Gasteiger charge is -2.09. The molecule has 0 aliphatic rings. The molecule has 6 nitrogen and oxygen atoms in total. The highest BCUT2D eigenvalue weighted by molar-refractivity contribution is 6.33. The fourth-order valence-electron chi connectivity index (χ4n) is 2.13. The van der Waals surface area contributed by atoms with Gasteiger partial charge in [0.2, 0.25) is 5.95 Å². The minimum atomic E-state index is -0.381. The first-order chi connectivity index (χ1) is 12.2. The summed E-state index contributed by atoms with van der Waals surface area (Å²) >= 11 is 6.14. The summed E-state index contributed by atoms with van der Waals surface area (Å²) in [7, 11) is 1.35. The number of aromatic nitrogens is 2. The Morgan fingerprint density at radius 1 is 1.04 bits per heavy atom. The number of esters is 1. The normalized spacial score (nSPS) is 10.2. The van der Waals surface area contributed by atoms with Crippen LogP contribution in [0.5, 0.6) is 0 Å². The number of hydrogen-bond donors (Lipinski definition) is 2. The molecule has 0 saturated heterocycles. The number of carbonyl (C=O) groups is 1. The van der Waals surface area contributed by atoms with Crippen LogP contribution >= 0.6 is 11.6 Å². The summed E-state index contributed by atoms with van der Waals surface area (Å²) in [5, 5.41) is 6.83. The summed E-state index contributed by atoms with van der Waals surface area (Å²) < 4.78 is 4.67. The van der Waals surface area contributed by atoms with Gasteiger partial charge in [0.25, 0.3) is 0 Å². The quantitative estimate of drug-likeness (QED) is 0.661. The standard InChI is InChI=1S/C18H15ClN4O2/c1-25-17(24)12-6-8-13(9-7-12)21-18-20-11-10-16(23-18)22-15-5-3-2-4-14(15)19/h2-11H,1H3,(H2,20,21,22,23). The van der Waals surface area contributed by atoms with Crippen molar-refractivity contribution >= 4 is 40.7 Å². The molecule has 0 amide bonds. The maximum absolute atomic E-state index is 11.4. The molecule has 7 heteroatoms. The Morgan fingerprint density at radius 3 is 2.52 bits per heavy atom. The summed E-state index contributed by atoms with van der Waals surface area (Å²) in [6.07, 6.45) is 1.64. The predicted molar refractivity (Wildman–Crippen MR) is 97.8 cm³/mol. The Labute approximate surface area is 149 Å². The van der Waals surface area contributed by atoms with E-state index in [0.29, 0.717) is 22.4 Å². The number of rotatable bonds is 5. The van der Waals surface area contributed by atoms with Gasteiger partial charge in [0.05, 0.1) is 23.4 Å². The van der Waals surface area contributed by atoms with Gasteiger partial charge in [-0.05, 0) is 42.5 Å². The smallest absolute Gasteiger partial charge is 0.337 e. The number of nitrogens with zero attached hydrogens (tertiary/aromatic N) is 2. The van der Waals surface area contributed by atoms with Crippen LogP contribution in [0.4, 0.5) is 23.1 Å². The molecule has 0 spiro atoms. The fourth-order valence-corrected chi connectivity index (χ4v) is 2.31. The van der Waals surface area contributed by atoms with Crippen LogP contribution in [0, 0.1) is 0 Å². The summed E-state index contributed by atoms with van der Waals surface area (Å²) in [5.74, 6) is 0.647. The average Bonchev–Trinajstić information content (AvgIpc) is 2.64. The van der Waals surface area contributed by atoms with Gasteiger partial charge in [-0.25, -0.2) is 9.78 Å². The number of methoxy groups -OCH3 is 1. The van der Waals surface area contributed by atoms with Crippen molar-refractivity contribution in [2.75, 3.05) is 17.7 Å². The Hall–Kier alpha value is -3.12. The van der Waals surface area contributed by atoms with Crippen LogP contribution in [0.3, 0.4) is 0 Å². The zero-order chi connectivity index (χ0) is 17.6. The van der Waals surface area contributed by atoms with E-state index in [1.54, 1.807) is 42.6 Å². The summed E-state index contributed by atoms with van der Waals surface area (Å²) in [6, 6.07) is 16.0. The topological polar surface area (TPSA) is 76.1 Å². The van der Waals surface area contributed by atoms with Crippen molar-refractivity contribution in [3.63, 3.8) is 0 Å². The molecule has 0 unspecified atom stereocenters. The molecule has 1 heterocycles. The molecule has 25 heavy (non-hydrogen) atoms. The minimum absolute atomic E-state index is 0.381. The maximum atomic E-state index is 11.4. The molecule has 2 N–H and O–H groups in total. The third-order valence-electron chi connectivity index (χ3n) is 3.35. The summed E-state index contributed by atoms with van der Waals surface area (Å²) in [6.45, 7) is 0. The Morgan fingerprint density at radius 2 is 1.80 bits per heavy atom. The van der Waals surface area contributed by atoms with E-state index >= 15 is 0 Å². The molecule has 1 aromatic heterocycles. The highest BCUT2D eigenvalue weighted by Crippen LogP contribution is 2.24. The third kappa shape index (κ3) is 4.24. The van der Waals surface area contributed by atoms with E-state index in [1.807, 2.05) is 18.2 Å². The van der Waals surface area contributed by atoms with Crippen LogP contribution < -0.4 is 10.6 Å². The molecule has 2 aromatic carbocycles. The zero-order valence-electron chi connectivity index (χ0n) is 13.4. The molecule has 0 aliphatic carbocycles. The number of ether oxygens (including phenoxy) is 1. The van der Waals surface area contributed by atoms with E-state index in [2.05, 4.69) is 25.3 Å². The lowest BCUT2D eigenvalue weighted by atomic mass is 10.2. The fraction of sp³-hybridized carbons (Fsp3) is 0.0556. The van der Waals surface area contributed by atoms with E-state index in [-0.39, 0.29) is 5.97 Å². The van der Waals surface area contributed by atoms with Crippen LogP contribution in [-0.4, -0.2) is 23.0 Å². The van der Waals surface area contributed by atoms with E-state index in [4.69, 9.17) is 11.6 Å². The van der Waals surface area contributed by atoms with Crippen LogP contribution in [0.15, 0.2) is 60.8 Å². The molecular weight excluding hydrogens is 340 g/mol. The molecule has 0 aliphatic heterocycles. The Bertz CT molecular complexity index is 884. The van der Waals surface area contributed by atoms with E-state index in [0.717, 1.165) is 11.4 Å². The Kier molecular flexibility index (Phi) is 5.11. The number of hydrogen-bond acceptors (Lipinski definition) is 6. The Balaban J connectivity index is 1.73. The first-order valence-corrected chi connectivity index (χ1v) is 7.83. The second-order valence-corrected chi connectivity index (χ2v) is 5.47. The molecule has 126 valence electrons. The van der Waals surface area contributed by atoms with Crippen molar-refractivity contribution in [1.29, 1.82) is 0 Å². The molecule has 3 rings (SSSR count). The largest absolute Gasteiger partial charge is 0.465 e. The predicted octanol–water partition coefficient (Wildman–Crippen LogP) is 4.40. The first-order valence-electron chi connectivity index (χ1n) is 7.46. The van der Waals surface area contributed by atoms with Crippen LogP contribution in [0.1, 0.15) is 10.4 Å². The SMILES string of the molecule is COC(=O)c1ccc(Nc2nccc(Nc3ccccc3Cl)n2)cc1. The van der Waals surface area contributed by atoms with Gasteiger partial charge in [-0.3, -0.25) is 0 Å². The van der Waals surface area contributed by atoms with Gasteiger partial charge in [0.1, 0.15) is 5.82 Å². The van der Waals surface area contributed by atoms with Crippen molar-refractivity contribution < 1.29 is 9.53 Å². The van der Waals surface area contributed by atoms with Crippen molar-refractivity contribution in [3.05, 3.63) is 71.4 Å². The van der Waals surface area contributed by atoms with Gasteiger partial charge >= 0.3 is 5.97 Å². The lowest BCUT2D eigenvalue weighted by molar-refractivity contribution is 0.0601. The van der Waals surface area contributed by atoms with Gasteiger partial charge in [0.15, 0.2) is 0 Å². The molecule has 3 aromatic rings. The minimum Gasteiger partial charge on any atom is -0.465 e.